The molecule has 2 heterocycles. The first kappa shape index (κ1) is 18.5. The fourth-order valence-electron chi connectivity index (χ4n) is 3.95. The fourth-order valence-corrected chi connectivity index (χ4v) is 3.95. The Morgan fingerprint density at radius 2 is 2.19 bits per heavy atom. The molecule has 1 atom stereocenters. The van der Waals surface area contributed by atoms with Gasteiger partial charge in [0.15, 0.2) is 0 Å². The van der Waals surface area contributed by atoms with E-state index in [2.05, 4.69) is 16.3 Å². The Labute approximate surface area is 155 Å². The van der Waals surface area contributed by atoms with Crippen LogP contribution in [0.4, 0.5) is 10.5 Å². The second-order valence-corrected chi connectivity index (χ2v) is 7.77. The molecule has 140 valence electrons. The quantitative estimate of drug-likeness (QED) is 0.884. The van der Waals surface area contributed by atoms with E-state index in [9.17, 15) is 10.1 Å². The van der Waals surface area contributed by atoms with E-state index in [1.54, 1.807) is 0 Å². The van der Waals surface area contributed by atoms with Gasteiger partial charge in [-0.1, -0.05) is 6.07 Å². The van der Waals surface area contributed by atoms with Crippen molar-refractivity contribution >= 4 is 11.7 Å². The van der Waals surface area contributed by atoms with Crippen molar-refractivity contribution in [1.82, 2.24) is 10.2 Å². The van der Waals surface area contributed by atoms with Crippen LogP contribution in [0.25, 0.3) is 0 Å². The molecule has 6 heteroatoms. The Hall–Kier alpha value is -2.26. The van der Waals surface area contributed by atoms with Gasteiger partial charge in [-0.2, -0.15) is 5.26 Å². The molecule has 0 aliphatic carbocycles. The first-order chi connectivity index (χ1) is 12.5. The van der Waals surface area contributed by atoms with Crippen molar-refractivity contribution in [3.63, 3.8) is 0 Å². The molecular formula is C20H28N4O2. The summed E-state index contributed by atoms with van der Waals surface area (Å²) in [5, 5.41) is 12.2. The normalized spacial score (nSPS) is 23.6. The van der Waals surface area contributed by atoms with Crippen LogP contribution in [-0.2, 0) is 4.74 Å². The number of amides is 2. The standard InChI is InChI=1S/C20H28N4O2/c1-16(2)22-19(25)24-8-4-7-20(14-24)13-23(9-10-26-15-20)18-6-3-5-17(11-18)12-21/h3,5-6,11,16H,4,7-10,13-15H2,1-2H3,(H,22,25)/t20-/m1/s1. The molecule has 2 saturated heterocycles. The predicted molar refractivity (Wildman–Crippen MR) is 101 cm³/mol. The molecule has 1 N–H and O–H groups in total. The van der Waals surface area contributed by atoms with Gasteiger partial charge in [-0.15, -0.1) is 0 Å². The van der Waals surface area contributed by atoms with Crippen LogP contribution in [0.3, 0.4) is 0 Å². The highest BCUT2D eigenvalue weighted by Crippen LogP contribution is 2.34. The molecule has 0 radical (unpaired) electrons. The van der Waals surface area contributed by atoms with Gasteiger partial charge < -0.3 is 19.9 Å². The van der Waals surface area contributed by atoms with Crippen LogP contribution in [0, 0.1) is 16.7 Å². The Balaban J connectivity index is 1.77. The third-order valence-corrected chi connectivity index (χ3v) is 5.14. The van der Waals surface area contributed by atoms with Gasteiger partial charge in [0.05, 0.1) is 24.8 Å². The Morgan fingerprint density at radius 3 is 2.96 bits per heavy atom. The number of benzene rings is 1. The molecule has 2 amide bonds. The number of carbonyl (C=O) groups is 1. The summed E-state index contributed by atoms with van der Waals surface area (Å²) < 4.78 is 5.94. The smallest absolute Gasteiger partial charge is 0.317 e. The number of carbonyl (C=O) groups excluding carboxylic acids is 1. The maximum Gasteiger partial charge on any atom is 0.317 e. The van der Waals surface area contributed by atoms with Crippen LogP contribution in [0.5, 0.6) is 0 Å². The summed E-state index contributed by atoms with van der Waals surface area (Å²) in [7, 11) is 0. The van der Waals surface area contributed by atoms with Gasteiger partial charge in [-0.05, 0) is 44.9 Å². The summed E-state index contributed by atoms with van der Waals surface area (Å²) in [5.41, 5.74) is 1.66. The van der Waals surface area contributed by atoms with Gasteiger partial charge in [-0.3, -0.25) is 0 Å². The first-order valence-corrected chi connectivity index (χ1v) is 9.40. The molecular weight excluding hydrogens is 328 g/mol. The molecule has 2 aliphatic rings. The van der Waals surface area contributed by atoms with Gasteiger partial charge in [0.1, 0.15) is 0 Å². The first-order valence-electron chi connectivity index (χ1n) is 9.40. The van der Waals surface area contributed by atoms with Crippen LogP contribution in [0.1, 0.15) is 32.3 Å². The van der Waals surface area contributed by atoms with E-state index in [1.165, 1.54) is 0 Å². The van der Waals surface area contributed by atoms with Crippen molar-refractivity contribution in [2.75, 3.05) is 44.3 Å². The average molecular weight is 356 g/mol. The zero-order valence-corrected chi connectivity index (χ0v) is 15.7. The van der Waals surface area contributed by atoms with Gasteiger partial charge in [0.2, 0.25) is 0 Å². The molecule has 0 saturated carbocycles. The van der Waals surface area contributed by atoms with Crippen LogP contribution in [0.2, 0.25) is 0 Å². The van der Waals surface area contributed by atoms with Gasteiger partial charge in [-0.25, -0.2) is 4.79 Å². The molecule has 1 spiro atoms. The molecule has 0 bridgehead atoms. The lowest BCUT2D eigenvalue weighted by Crippen LogP contribution is -2.55. The summed E-state index contributed by atoms with van der Waals surface area (Å²) in [6.45, 7) is 8.45. The molecule has 0 aromatic heterocycles. The van der Waals surface area contributed by atoms with Crippen molar-refractivity contribution in [2.24, 2.45) is 5.41 Å². The number of urea groups is 1. The zero-order valence-electron chi connectivity index (χ0n) is 15.7. The molecule has 3 rings (SSSR count). The van der Waals surface area contributed by atoms with Crippen molar-refractivity contribution in [3.8, 4) is 6.07 Å². The molecule has 1 aromatic rings. The Bertz CT molecular complexity index is 685. The molecule has 2 fully saturated rings. The van der Waals surface area contributed by atoms with Crippen LogP contribution < -0.4 is 10.2 Å². The predicted octanol–water partition coefficient (Wildman–Crippen LogP) is 2.60. The fraction of sp³-hybridized carbons (Fsp3) is 0.600. The third-order valence-electron chi connectivity index (χ3n) is 5.14. The van der Waals surface area contributed by atoms with Gasteiger partial charge in [0.25, 0.3) is 0 Å². The maximum atomic E-state index is 12.5. The topological polar surface area (TPSA) is 68.6 Å². The van der Waals surface area contributed by atoms with Crippen molar-refractivity contribution in [1.29, 1.82) is 5.26 Å². The third kappa shape index (κ3) is 4.28. The van der Waals surface area contributed by atoms with Crippen molar-refractivity contribution < 1.29 is 9.53 Å². The van der Waals surface area contributed by atoms with Crippen LogP contribution in [-0.4, -0.2) is 56.4 Å². The summed E-state index contributed by atoms with van der Waals surface area (Å²) in [5.74, 6) is 0. The SMILES string of the molecule is CC(C)NC(=O)N1CCC[C@]2(COCCN(c3cccc(C#N)c3)C2)C1. The minimum absolute atomic E-state index is 0.0151. The minimum atomic E-state index is -0.0638. The maximum absolute atomic E-state index is 12.5. The lowest BCUT2D eigenvalue weighted by Gasteiger charge is -2.44. The largest absolute Gasteiger partial charge is 0.379 e. The van der Waals surface area contributed by atoms with E-state index in [-0.39, 0.29) is 17.5 Å². The number of ether oxygens (including phenoxy) is 1. The Morgan fingerprint density at radius 1 is 1.35 bits per heavy atom. The second-order valence-electron chi connectivity index (χ2n) is 7.77. The highest BCUT2D eigenvalue weighted by Gasteiger charge is 2.40. The number of nitriles is 1. The van der Waals surface area contributed by atoms with E-state index in [0.717, 1.165) is 38.2 Å². The summed E-state index contributed by atoms with van der Waals surface area (Å²) in [6, 6.07) is 10.1. The summed E-state index contributed by atoms with van der Waals surface area (Å²) in [4.78, 5) is 16.7. The zero-order chi connectivity index (χ0) is 18.6. The van der Waals surface area contributed by atoms with Crippen molar-refractivity contribution in [3.05, 3.63) is 29.8 Å². The molecule has 0 unspecified atom stereocenters. The van der Waals surface area contributed by atoms with Crippen LogP contribution >= 0.6 is 0 Å². The molecule has 2 aliphatic heterocycles. The van der Waals surface area contributed by atoms with E-state index < -0.39 is 0 Å². The van der Waals surface area contributed by atoms with E-state index in [4.69, 9.17) is 4.74 Å². The number of hydrogen-bond acceptors (Lipinski definition) is 4. The number of hydrogen-bond donors (Lipinski definition) is 1. The molecule has 26 heavy (non-hydrogen) atoms. The van der Waals surface area contributed by atoms with E-state index in [1.807, 2.05) is 43.0 Å². The number of nitrogens with zero attached hydrogens (tertiary/aromatic N) is 3. The van der Waals surface area contributed by atoms with E-state index >= 15 is 0 Å². The Kier molecular flexibility index (Phi) is 5.67. The number of rotatable bonds is 2. The molecule has 6 nitrogen and oxygen atoms in total. The number of likely N-dealkylation sites (tertiary alicyclic amines) is 1. The number of nitrogens with one attached hydrogen (secondary N) is 1. The monoisotopic (exact) mass is 356 g/mol. The number of anilines is 1. The van der Waals surface area contributed by atoms with Gasteiger partial charge in [0, 0.05) is 43.3 Å². The lowest BCUT2D eigenvalue weighted by molar-refractivity contribution is 0.0242. The van der Waals surface area contributed by atoms with E-state index in [0.29, 0.717) is 25.3 Å². The minimum Gasteiger partial charge on any atom is -0.379 e. The van der Waals surface area contributed by atoms with Crippen molar-refractivity contribution in [2.45, 2.75) is 32.7 Å². The lowest BCUT2D eigenvalue weighted by atomic mass is 9.80. The highest BCUT2D eigenvalue weighted by atomic mass is 16.5. The molecule has 1 aromatic carbocycles. The van der Waals surface area contributed by atoms with Gasteiger partial charge >= 0.3 is 6.03 Å². The second kappa shape index (κ2) is 7.96. The summed E-state index contributed by atoms with van der Waals surface area (Å²) >= 11 is 0. The average Bonchev–Trinajstić information content (AvgIpc) is 2.84. The van der Waals surface area contributed by atoms with Crippen LogP contribution in [0.15, 0.2) is 24.3 Å². The number of piperidine rings is 1. The summed E-state index contributed by atoms with van der Waals surface area (Å²) in [6.07, 6.45) is 2.04. The highest BCUT2D eigenvalue weighted by molar-refractivity contribution is 5.74.